The Morgan fingerprint density at radius 3 is 2.71 bits per heavy atom. The highest BCUT2D eigenvalue weighted by atomic mass is 35.5. The molecular weight excluding hydrogens is 240 g/mol. The largest absolute Gasteiger partial charge is 0.376 e. The molecule has 2 heterocycles. The van der Waals surface area contributed by atoms with Crippen LogP contribution in [0.4, 0.5) is 10.5 Å². The highest BCUT2D eigenvalue weighted by Crippen LogP contribution is 2.37. The molecule has 2 fully saturated rings. The van der Waals surface area contributed by atoms with Crippen molar-refractivity contribution in [3.63, 3.8) is 0 Å². The Labute approximate surface area is 104 Å². The maximum Gasteiger partial charge on any atom is 0.322 e. The molecule has 5 heteroatoms. The van der Waals surface area contributed by atoms with Gasteiger partial charge in [-0.3, -0.25) is 0 Å². The molecule has 2 amide bonds. The van der Waals surface area contributed by atoms with Gasteiger partial charge in [0.05, 0.1) is 29.5 Å². The minimum atomic E-state index is -0.0901. The second kappa shape index (κ2) is 3.89. The third-order valence-corrected chi connectivity index (χ3v) is 3.81. The Balaban J connectivity index is 1.70. The lowest BCUT2D eigenvalue weighted by Gasteiger charge is -2.57. The van der Waals surface area contributed by atoms with Gasteiger partial charge in [0.25, 0.3) is 0 Å². The minimum Gasteiger partial charge on any atom is -0.376 e. The summed E-state index contributed by atoms with van der Waals surface area (Å²) in [6, 6.07) is 7.15. The van der Waals surface area contributed by atoms with E-state index in [1.54, 1.807) is 12.1 Å². The number of nitrogens with zero attached hydrogens (tertiary/aromatic N) is 1. The van der Waals surface area contributed by atoms with Gasteiger partial charge in [0.1, 0.15) is 0 Å². The molecule has 17 heavy (non-hydrogen) atoms. The summed E-state index contributed by atoms with van der Waals surface area (Å²) in [5.74, 6) is 0. The van der Waals surface area contributed by atoms with Crippen molar-refractivity contribution < 1.29 is 9.53 Å². The van der Waals surface area contributed by atoms with Crippen LogP contribution >= 0.6 is 11.6 Å². The molecule has 0 aliphatic carbocycles. The number of halogens is 1. The van der Waals surface area contributed by atoms with E-state index in [1.807, 2.05) is 17.0 Å². The maximum absolute atomic E-state index is 12.1. The Hall–Kier alpha value is -1.26. The summed E-state index contributed by atoms with van der Waals surface area (Å²) in [6.45, 7) is 2.10. The predicted octanol–water partition coefficient (Wildman–Crippen LogP) is 2.35. The molecule has 2 saturated heterocycles. The predicted molar refractivity (Wildman–Crippen MR) is 65.3 cm³/mol. The van der Waals surface area contributed by atoms with Gasteiger partial charge < -0.3 is 15.0 Å². The molecule has 0 unspecified atom stereocenters. The molecule has 1 aromatic carbocycles. The molecule has 4 nitrogen and oxygen atoms in total. The number of nitrogens with one attached hydrogen (secondary N) is 1. The molecule has 0 radical (unpaired) electrons. The van der Waals surface area contributed by atoms with Crippen LogP contribution in [0.2, 0.25) is 5.02 Å². The number of ether oxygens (including phenoxy) is 1. The normalized spacial score (nSPS) is 20.6. The smallest absolute Gasteiger partial charge is 0.322 e. The van der Waals surface area contributed by atoms with Crippen molar-refractivity contribution in [1.29, 1.82) is 0 Å². The standard InChI is InChI=1S/C12H13ClN2O2/c13-9-3-1-2-4-10(9)14-11(16)15-6-5-12(15)7-17-8-12/h1-4H,5-8H2,(H,14,16). The fourth-order valence-electron chi connectivity index (χ4n) is 2.24. The number of anilines is 1. The first-order valence-electron chi connectivity index (χ1n) is 5.62. The van der Waals surface area contributed by atoms with Crippen LogP contribution in [0.1, 0.15) is 6.42 Å². The minimum absolute atomic E-state index is 0.0364. The number of carbonyl (C=O) groups excluding carboxylic acids is 1. The lowest BCUT2D eigenvalue weighted by Crippen LogP contribution is -2.72. The van der Waals surface area contributed by atoms with Crippen molar-refractivity contribution in [3.05, 3.63) is 29.3 Å². The number of benzene rings is 1. The lowest BCUT2D eigenvalue weighted by molar-refractivity contribution is -0.168. The third kappa shape index (κ3) is 1.68. The van der Waals surface area contributed by atoms with E-state index < -0.39 is 0 Å². The third-order valence-electron chi connectivity index (χ3n) is 3.48. The van der Waals surface area contributed by atoms with Gasteiger partial charge in [-0.2, -0.15) is 0 Å². The van der Waals surface area contributed by atoms with Crippen molar-refractivity contribution in [2.45, 2.75) is 12.0 Å². The summed E-state index contributed by atoms with van der Waals surface area (Å²) < 4.78 is 5.19. The fourth-order valence-corrected chi connectivity index (χ4v) is 2.42. The van der Waals surface area contributed by atoms with Gasteiger partial charge >= 0.3 is 6.03 Å². The molecule has 0 aromatic heterocycles. The van der Waals surface area contributed by atoms with Crippen molar-refractivity contribution in [1.82, 2.24) is 4.90 Å². The number of rotatable bonds is 1. The fraction of sp³-hybridized carbons (Fsp3) is 0.417. The highest BCUT2D eigenvalue weighted by Gasteiger charge is 2.53. The van der Waals surface area contributed by atoms with Crippen LogP contribution in [-0.4, -0.2) is 36.2 Å². The Bertz CT molecular complexity index is 454. The first kappa shape index (κ1) is 10.9. The molecule has 1 N–H and O–H groups in total. The zero-order valence-corrected chi connectivity index (χ0v) is 10.0. The monoisotopic (exact) mass is 252 g/mol. The van der Waals surface area contributed by atoms with E-state index in [4.69, 9.17) is 16.3 Å². The quantitative estimate of drug-likeness (QED) is 0.834. The van der Waals surface area contributed by atoms with Crippen LogP contribution in [0.3, 0.4) is 0 Å². The Kier molecular flexibility index (Phi) is 2.49. The van der Waals surface area contributed by atoms with Crippen molar-refractivity contribution in [3.8, 4) is 0 Å². The second-order valence-corrected chi connectivity index (χ2v) is 4.94. The summed E-state index contributed by atoms with van der Waals surface area (Å²) in [4.78, 5) is 13.9. The first-order chi connectivity index (χ1) is 8.21. The van der Waals surface area contributed by atoms with Gasteiger partial charge in [-0.25, -0.2) is 4.79 Å². The molecule has 2 aliphatic heterocycles. The Morgan fingerprint density at radius 2 is 2.18 bits per heavy atom. The van der Waals surface area contributed by atoms with E-state index in [2.05, 4.69) is 5.32 Å². The maximum atomic E-state index is 12.1. The number of urea groups is 1. The van der Waals surface area contributed by atoms with E-state index in [-0.39, 0.29) is 11.6 Å². The van der Waals surface area contributed by atoms with Crippen LogP contribution in [0.5, 0.6) is 0 Å². The van der Waals surface area contributed by atoms with E-state index in [9.17, 15) is 4.79 Å². The molecule has 2 aliphatic rings. The van der Waals surface area contributed by atoms with Crippen LogP contribution in [0, 0.1) is 0 Å². The van der Waals surface area contributed by atoms with Crippen LogP contribution in [0.15, 0.2) is 24.3 Å². The van der Waals surface area contributed by atoms with Crippen molar-refractivity contribution in [2.24, 2.45) is 0 Å². The summed E-state index contributed by atoms with van der Waals surface area (Å²) in [5, 5.41) is 3.39. The number of likely N-dealkylation sites (tertiary alicyclic amines) is 1. The van der Waals surface area contributed by atoms with Crippen LogP contribution in [0.25, 0.3) is 0 Å². The molecule has 0 bridgehead atoms. The molecule has 0 saturated carbocycles. The summed E-state index contributed by atoms with van der Waals surface area (Å²) in [6.07, 6.45) is 1.03. The van der Waals surface area contributed by atoms with Crippen LogP contribution < -0.4 is 5.32 Å². The topological polar surface area (TPSA) is 41.6 Å². The number of hydrogen-bond donors (Lipinski definition) is 1. The van der Waals surface area contributed by atoms with E-state index >= 15 is 0 Å². The highest BCUT2D eigenvalue weighted by molar-refractivity contribution is 6.33. The van der Waals surface area contributed by atoms with Gasteiger partial charge in [-0.15, -0.1) is 0 Å². The number of hydrogen-bond acceptors (Lipinski definition) is 2. The Morgan fingerprint density at radius 1 is 1.41 bits per heavy atom. The van der Waals surface area contributed by atoms with Gasteiger partial charge in [-0.1, -0.05) is 23.7 Å². The van der Waals surface area contributed by atoms with Crippen molar-refractivity contribution in [2.75, 3.05) is 25.1 Å². The van der Waals surface area contributed by atoms with Crippen LogP contribution in [-0.2, 0) is 4.74 Å². The van der Waals surface area contributed by atoms with E-state index in [1.165, 1.54) is 0 Å². The number of para-hydroxylation sites is 1. The van der Waals surface area contributed by atoms with Gasteiger partial charge in [0, 0.05) is 6.54 Å². The molecule has 3 rings (SSSR count). The zero-order valence-electron chi connectivity index (χ0n) is 9.28. The van der Waals surface area contributed by atoms with Crippen molar-refractivity contribution >= 4 is 23.3 Å². The lowest BCUT2D eigenvalue weighted by atomic mass is 9.83. The molecule has 0 atom stereocenters. The first-order valence-corrected chi connectivity index (χ1v) is 6.00. The average Bonchev–Trinajstić information content (AvgIpc) is 2.17. The second-order valence-electron chi connectivity index (χ2n) is 4.53. The summed E-state index contributed by atoms with van der Waals surface area (Å²) >= 11 is 6.00. The van der Waals surface area contributed by atoms with Gasteiger partial charge in [0.2, 0.25) is 0 Å². The SMILES string of the molecule is O=C(Nc1ccccc1Cl)N1CCC12COC2. The van der Waals surface area contributed by atoms with E-state index in [0.717, 1.165) is 13.0 Å². The van der Waals surface area contributed by atoms with Gasteiger partial charge in [-0.05, 0) is 18.6 Å². The van der Waals surface area contributed by atoms with Gasteiger partial charge in [0.15, 0.2) is 0 Å². The average molecular weight is 253 g/mol. The summed E-state index contributed by atoms with van der Waals surface area (Å²) in [5.41, 5.74) is 0.618. The molecule has 1 aromatic rings. The van der Waals surface area contributed by atoms with E-state index in [0.29, 0.717) is 23.9 Å². The summed E-state index contributed by atoms with van der Waals surface area (Å²) in [7, 11) is 0. The zero-order chi connectivity index (χ0) is 11.9. The molecule has 1 spiro atoms. The number of amides is 2. The molecule has 90 valence electrons. The number of carbonyl (C=O) groups is 1. The molecular formula is C12H13ClN2O2.